The number of benzene rings is 1. The van der Waals surface area contributed by atoms with Gasteiger partial charge < -0.3 is 5.21 Å². The molecule has 0 aliphatic carbocycles. The van der Waals surface area contributed by atoms with E-state index in [-0.39, 0.29) is 11.5 Å². The van der Waals surface area contributed by atoms with E-state index in [4.69, 9.17) is 5.26 Å². The number of nitriles is 1. The van der Waals surface area contributed by atoms with Crippen LogP contribution in [0.2, 0.25) is 0 Å². The van der Waals surface area contributed by atoms with Gasteiger partial charge in [-0.3, -0.25) is 0 Å². The Hall–Kier alpha value is -1.37. The zero-order valence-electron chi connectivity index (χ0n) is 10.0. The Morgan fingerprint density at radius 3 is 2.31 bits per heavy atom. The number of hydrogen-bond donors (Lipinski definition) is 1. The molecule has 0 bridgehead atoms. The molecule has 1 aromatic carbocycles. The average molecular weight is 218 g/mol. The molecule has 16 heavy (non-hydrogen) atoms. The highest BCUT2D eigenvalue weighted by Crippen LogP contribution is 2.19. The molecule has 0 aromatic heterocycles. The van der Waals surface area contributed by atoms with Gasteiger partial charge in [-0.25, -0.2) is 0 Å². The molecule has 0 aliphatic rings. The van der Waals surface area contributed by atoms with Crippen LogP contribution in [0, 0.1) is 11.3 Å². The summed E-state index contributed by atoms with van der Waals surface area (Å²) in [7, 11) is 0. The van der Waals surface area contributed by atoms with Crippen molar-refractivity contribution in [1.82, 2.24) is 5.06 Å². The van der Waals surface area contributed by atoms with Crippen LogP contribution >= 0.6 is 0 Å². The molecule has 0 saturated carbocycles. The smallest absolute Gasteiger partial charge is 0.0863 e. The summed E-state index contributed by atoms with van der Waals surface area (Å²) in [4.78, 5) is 0. The van der Waals surface area contributed by atoms with E-state index in [0.29, 0.717) is 6.54 Å². The summed E-state index contributed by atoms with van der Waals surface area (Å²) in [5, 5.41) is 20.2. The summed E-state index contributed by atoms with van der Waals surface area (Å²) in [6.07, 6.45) is 0. The molecule has 3 nitrogen and oxygen atoms in total. The number of hydroxylamine groups is 2. The summed E-state index contributed by atoms with van der Waals surface area (Å²) in [6, 6.07) is 11.8. The molecule has 1 aromatic rings. The molecular formula is C13H18N2O. The fourth-order valence-electron chi connectivity index (χ4n) is 1.35. The molecule has 0 radical (unpaired) electrons. The highest BCUT2D eigenvalue weighted by molar-refractivity contribution is 5.25. The first kappa shape index (κ1) is 12.7. The molecule has 0 fully saturated rings. The Morgan fingerprint density at radius 1 is 1.31 bits per heavy atom. The van der Waals surface area contributed by atoms with Gasteiger partial charge >= 0.3 is 0 Å². The van der Waals surface area contributed by atoms with Gasteiger partial charge in [-0.1, -0.05) is 30.3 Å². The van der Waals surface area contributed by atoms with Crippen LogP contribution in [0.25, 0.3) is 0 Å². The minimum absolute atomic E-state index is 0.301. The first-order valence-corrected chi connectivity index (χ1v) is 5.36. The molecule has 1 rings (SSSR count). The highest BCUT2D eigenvalue weighted by atomic mass is 16.5. The lowest BCUT2D eigenvalue weighted by molar-refractivity contribution is -0.156. The summed E-state index contributed by atoms with van der Waals surface area (Å²) in [5.41, 5.74) is 0.595. The maximum atomic E-state index is 9.83. The van der Waals surface area contributed by atoms with E-state index in [1.807, 2.05) is 51.1 Å². The van der Waals surface area contributed by atoms with Gasteiger partial charge in [-0.2, -0.15) is 10.3 Å². The summed E-state index contributed by atoms with van der Waals surface area (Å²) < 4.78 is 0. The highest BCUT2D eigenvalue weighted by Gasteiger charge is 2.23. The average Bonchev–Trinajstić information content (AvgIpc) is 2.25. The lowest BCUT2D eigenvalue weighted by Crippen LogP contribution is -2.40. The fourth-order valence-corrected chi connectivity index (χ4v) is 1.35. The monoisotopic (exact) mass is 218 g/mol. The van der Waals surface area contributed by atoms with Crippen molar-refractivity contribution in [2.24, 2.45) is 0 Å². The molecular weight excluding hydrogens is 200 g/mol. The molecule has 0 amide bonds. The van der Waals surface area contributed by atoms with Crippen molar-refractivity contribution in [2.45, 2.75) is 32.2 Å². The van der Waals surface area contributed by atoms with Crippen molar-refractivity contribution in [2.75, 3.05) is 6.54 Å². The largest absolute Gasteiger partial charge is 0.313 e. The standard InChI is InChI=1S/C13H18N2O/c1-13(2,3)15(16)10-12(9-14)11-7-5-4-6-8-11/h4-8,12,16H,10H2,1-3H3/t12-/m0/s1. The molecule has 0 spiro atoms. The second-order valence-electron chi connectivity index (χ2n) is 4.85. The van der Waals surface area contributed by atoms with Crippen molar-refractivity contribution >= 4 is 0 Å². The van der Waals surface area contributed by atoms with Gasteiger partial charge in [0.1, 0.15) is 0 Å². The lowest BCUT2D eigenvalue weighted by Gasteiger charge is -2.30. The third kappa shape index (κ3) is 3.34. The van der Waals surface area contributed by atoms with Crippen molar-refractivity contribution in [3.05, 3.63) is 35.9 Å². The summed E-state index contributed by atoms with van der Waals surface area (Å²) in [5.74, 6) is -0.301. The lowest BCUT2D eigenvalue weighted by atomic mass is 9.99. The van der Waals surface area contributed by atoms with E-state index in [9.17, 15) is 5.21 Å². The van der Waals surface area contributed by atoms with Crippen LogP contribution in [0.1, 0.15) is 32.3 Å². The van der Waals surface area contributed by atoms with Gasteiger partial charge in [0, 0.05) is 12.1 Å². The zero-order chi connectivity index (χ0) is 12.2. The van der Waals surface area contributed by atoms with E-state index >= 15 is 0 Å². The van der Waals surface area contributed by atoms with Crippen molar-refractivity contribution < 1.29 is 5.21 Å². The first-order chi connectivity index (χ1) is 7.45. The molecule has 0 heterocycles. The Labute approximate surface area is 96.9 Å². The maximum absolute atomic E-state index is 9.83. The van der Waals surface area contributed by atoms with Gasteiger partial charge in [-0.15, -0.1) is 0 Å². The minimum atomic E-state index is -0.343. The minimum Gasteiger partial charge on any atom is -0.313 e. The van der Waals surface area contributed by atoms with Gasteiger partial charge in [-0.05, 0) is 26.3 Å². The molecule has 0 saturated heterocycles. The Balaban J connectivity index is 2.76. The number of rotatable bonds is 3. The van der Waals surface area contributed by atoms with Crippen LogP contribution in [0.3, 0.4) is 0 Å². The number of nitrogens with zero attached hydrogens (tertiary/aromatic N) is 2. The van der Waals surface area contributed by atoms with Gasteiger partial charge in [0.05, 0.1) is 12.0 Å². The van der Waals surface area contributed by atoms with E-state index in [1.165, 1.54) is 5.06 Å². The molecule has 3 heteroatoms. The third-order valence-electron chi connectivity index (χ3n) is 2.49. The molecule has 0 aliphatic heterocycles. The van der Waals surface area contributed by atoms with E-state index in [0.717, 1.165) is 5.56 Å². The first-order valence-electron chi connectivity index (χ1n) is 5.36. The second-order valence-corrected chi connectivity index (χ2v) is 4.85. The molecule has 1 N–H and O–H groups in total. The van der Waals surface area contributed by atoms with Gasteiger partial charge in [0.15, 0.2) is 0 Å². The van der Waals surface area contributed by atoms with Crippen LogP contribution < -0.4 is 0 Å². The van der Waals surface area contributed by atoms with Crippen LogP contribution in [0.4, 0.5) is 0 Å². The fraction of sp³-hybridized carbons (Fsp3) is 0.462. The molecule has 86 valence electrons. The Kier molecular flexibility index (Phi) is 4.05. The maximum Gasteiger partial charge on any atom is 0.0863 e. The molecule has 0 unspecified atom stereocenters. The van der Waals surface area contributed by atoms with E-state index in [1.54, 1.807) is 0 Å². The predicted octanol–water partition coefficient (Wildman–Crippen LogP) is 2.78. The van der Waals surface area contributed by atoms with Crippen LogP contribution in [0.15, 0.2) is 30.3 Å². The van der Waals surface area contributed by atoms with Gasteiger partial charge in [0.25, 0.3) is 0 Å². The van der Waals surface area contributed by atoms with Crippen molar-refractivity contribution in [1.29, 1.82) is 5.26 Å². The Morgan fingerprint density at radius 2 is 1.88 bits per heavy atom. The predicted molar refractivity (Wildman–Crippen MR) is 63.0 cm³/mol. The number of hydrogen-bond acceptors (Lipinski definition) is 3. The zero-order valence-corrected chi connectivity index (χ0v) is 10.0. The Bertz CT molecular complexity index is 362. The van der Waals surface area contributed by atoms with Crippen molar-refractivity contribution in [3.8, 4) is 6.07 Å². The normalized spacial score (nSPS) is 13.5. The summed E-state index contributed by atoms with van der Waals surface area (Å²) >= 11 is 0. The van der Waals surface area contributed by atoms with Crippen LogP contribution in [-0.4, -0.2) is 22.4 Å². The van der Waals surface area contributed by atoms with E-state index in [2.05, 4.69) is 6.07 Å². The van der Waals surface area contributed by atoms with E-state index < -0.39 is 0 Å². The van der Waals surface area contributed by atoms with Crippen molar-refractivity contribution in [3.63, 3.8) is 0 Å². The molecule has 1 atom stereocenters. The van der Waals surface area contributed by atoms with Gasteiger partial charge in [0.2, 0.25) is 0 Å². The third-order valence-corrected chi connectivity index (χ3v) is 2.49. The SMILES string of the molecule is CC(C)(C)N(O)C[C@H](C#N)c1ccccc1. The quantitative estimate of drug-likeness (QED) is 0.793. The topological polar surface area (TPSA) is 47.3 Å². The summed E-state index contributed by atoms with van der Waals surface area (Å²) in [6.45, 7) is 6.05. The van der Waals surface area contributed by atoms with Crippen LogP contribution in [0.5, 0.6) is 0 Å². The van der Waals surface area contributed by atoms with Crippen LogP contribution in [-0.2, 0) is 0 Å². The second kappa shape index (κ2) is 5.11.